The minimum Gasteiger partial charge on any atom is -0.357 e. The fraction of sp³-hybridized carbons (Fsp3) is 0.650. The molecule has 1 unspecified atom stereocenters. The van der Waals surface area contributed by atoms with Gasteiger partial charge in [0.1, 0.15) is 0 Å². The van der Waals surface area contributed by atoms with Crippen LogP contribution in [0.5, 0.6) is 0 Å². The van der Waals surface area contributed by atoms with Crippen molar-refractivity contribution in [1.82, 2.24) is 15.5 Å². The molecule has 0 amide bonds. The van der Waals surface area contributed by atoms with Crippen molar-refractivity contribution in [3.63, 3.8) is 0 Å². The zero-order chi connectivity index (χ0) is 18.1. The average Bonchev–Trinajstić information content (AvgIpc) is 3.04. The highest BCUT2D eigenvalue weighted by atomic mass is 127. The van der Waals surface area contributed by atoms with Crippen molar-refractivity contribution in [1.29, 1.82) is 0 Å². The Bertz CT molecular complexity index is 558. The molecule has 0 bridgehead atoms. The number of rotatable bonds is 8. The topological polar surface area (TPSA) is 39.7 Å². The van der Waals surface area contributed by atoms with E-state index in [9.17, 15) is 0 Å². The van der Waals surface area contributed by atoms with Gasteiger partial charge in [0.2, 0.25) is 0 Å². The SMILES string of the molecule is CCNC(=NCc1cccc(CN(C)CC)c1)NCC1(C)CCCS1.I. The van der Waals surface area contributed by atoms with Crippen LogP contribution in [0.1, 0.15) is 44.7 Å². The van der Waals surface area contributed by atoms with Crippen molar-refractivity contribution in [2.45, 2.75) is 51.4 Å². The highest BCUT2D eigenvalue weighted by Crippen LogP contribution is 2.36. The van der Waals surface area contributed by atoms with Gasteiger partial charge in [-0.3, -0.25) is 0 Å². The van der Waals surface area contributed by atoms with Crippen molar-refractivity contribution in [2.24, 2.45) is 4.99 Å². The molecule has 4 nitrogen and oxygen atoms in total. The van der Waals surface area contributed by atoms with Crippen LogP contribution in [-0.4, -0.2) is 48.0 Å². The zero-order valence-corrected chi connectivity index (χ0v) is 19.8. The lowest BCUT2D eigenvalue weighted by atomic mass is 10.1. The second-order valence-corrected chi connectivity index (χ2v) is 8.78. The largest absolute Gasteiger partial charge is 0.357 e. The van der Waals surface area contributed by atoms with Gasteiger partial charge >= 0.3 is 0 Å². The third-order valence-electron chi connectivity index (χ3n) is 4.68. The first-order chi connectivity index (χ1) is 12.0. The average molecular weight is 490 g/mol. The van der Waals surface area contributed by atoms with Gasteiger partial charge in [0, 0.05) is 24.4 Å². The first-order valence-electron chi connectivity index (χ1n) is 9.47. The standard InChI is InChI=1S/C20H34N4S.HI/c1-5-21-19(23-16-20(3)11-8-12-25-20)22-14-17-9-7-10-18(13-17)15-24(4)6-2;/h7,9-10,13H,5-6,8,11-12,14-16H2,1-4H3,(H2,21,22,23);1H. The molecule has 1 aromatic carbocycles. The number of benzene rings is 1. The summed E-state index contributed by atoms with van der Waals surface area (Å²) >= 11 is 2.08. The minimum absolute atomic E-state index is 0. The predicted molar refractivity (Wildman–Crippen MR) is 127 cm³/mol. The van der Waals surface area contributed by atoms with Crippen molar-refractivity contribution >= 4 is 41.7 Å². The number of halogens is 1. The summed E-state index contributed by atoms with van der Waals surface area (Å²) in [7, 11) is 2.15. The van der Waals surface area contributed by atoms with Gasteiger partial charge in [-0.2, -0.15) is 11.8 Å². The Morgan fingerprint density at radius 2 is 2.04 bits per heavy atom. The molecule has 1 heterocycles. The van der Waals surface area contributed by atoms with Gasteiger partial charge in [0.15, 0.2) is 5.96 Å². The number of guanidine groups is 1. The van der Waals surface area contributed by atoms with E-state index in [-0.39, 0.29) is 24.0 Å². The molecule has 1 aromatic rings. The first-order valence-corrected chi connectivity index (χ1v) is 10.5. The number of nitrogens with one attached hydrogen (secondary N) is 2. The third kappa shape index (κ3) is 8.05. The maximum Gasteiger partial charge on any atom is 0.191 e. The van der Waals surface area contributed by atoms with Crippen LogP contribution in [0.2, 0.25) is 0 Å². The molecule has 1 saturated heterocycles. The summed E-state index contributed by atoms with van der Waals surface area (Å²) < 4.78 is 0.348. The molecule has 6 heteroatoms. The summed E-state index contributed by atoms with van der Waals surface area (Å²) in [6.07, 6.45) is 2.62. The number of aliphatic imine (C=N–C) groups is 1. The molecule has 0 aliphatic carbocycles. The predicted octanol–water partition coefficient (Wildman–Crippen LogP) is 4.10. The lowest BCUT2D eigenvalue weighted by Crippen LogP contribution is -2.43. The van der Waals surface area contributed by atoms with Crippen LogP contribution in [0.4, 0.5) is 0 Å². The van der Waals surface area contributed by atoms with Gasteiger partial charge in [-0.1, -0.05) is 31.2 Å². The van der Waals surface area contributed by atoms with E-state index in [1.165, 1.54) is 29.7 Å². The van der Waals surface area contributed by atoms with E-state index in [1.807, 2.05) is 0 Å². The van der Waals surface area contributed by atoms with Crippen LogP contribution < -0.4 is 10.6 Å². The normalized spacial score (nSPS) is 20.1. The molecule has 2 rings (SSSR count). The second-order valence-electron chi connectivity index (χ2n) is 7.10. The summed E-state index contributed by atoms with van der Waals surface area (Å²) in [5.41, 5.74) is 2.62. The molecule has 2 N–H and O–H groups in total. The van der Waals surface area contributed by atoms with Crippen LogP contribution in [0, 0.1) is 0 Å². The summed E-state index contributed by atoms with van der Waals surface area (Å²) in [5.74, 6) is 2.21. The van der Waals surface area contributed by atoms with Crippen LogP contribution >= 0.6 is 35.7 Å². The first kappa shape index (κ1) is 23.6. The van der Waals surface area contributed by atoms with Gasteiger partial charge in [-0.25, -0.2) is 4.99 Å². The van der Waals surface area contributed by atoms with E-state index < -0.39 is 0 Å². The minimum atomic E-state index is 0. The van der Waals surface area contributed by atoms with Crippen molar-refractivity contribution in [2.75, 3.05) is 32.4 Å². The molecule has 1 aliphatic heterocycles. The Labute approximate surface area is 181 Å². The van der Waals surface area contributed by atoms with Crippen molar-refractivity contribution < 1.29 is 0 Å². The van der Waals surface area contributed by atoms with Crippen molar-refractivity contribution in [3.05, 3.63) is 35.4 Å². The number of hydrogen-bond donors (Lipinski definition) is 2. The van der Waals surface area contributed by atoms with E-state index in [2.05, 4.69) is 79.4 Å². The molecular weight excluding hydrogens is 455 g/mol. The Morgan fingerprint density at radius 3 is 2.69 bits per heavy atom. The van der Waals surface area contributed by atoms with Gasteiger partial charge in [0.25, 0.3) is 0 Å². The van der Waals surface area contributed by atoms with E-state index >= 15 is 0 Å². The highest BCUT2D eigenvalue weighted by Gasteiger charge is 2.29. The number of nitrogens with zero attached hydrogens (tertiary/aromatic N) is 2. The summed E-state index contributed by atoms with van der Waals surface area (Å²) in [5, 5.41) is 6.91. The molecule has 1 aliphatic rings. The molecule has 26 heavy (non-hydrogen) atoms. The maximum absolute atomic E-state index is 4.79. The lowest BCUT2D eigenvalue weighted by molar-refractivity contribution is 0.345. The third-order valence-corrected chi connectivity index (χ3v) is 6.22. The molecule has 0 aromatic heterocycles. The Morgan fingerprint density at radius 1 is 1.27 bits per heavy atom. The molecular formula is C20H35IN4S. The lowest BCUT2D eigenvalue weighted by Gasteiger charge is -2.24. The summed E-state index contributed by atoms with van der Waals surface area (Å²) in [4.78, 5) is 7.10. The van der Waals surface area contributed by atoms with E-state index in [0.717, 1.165) is 32.1 Å². The van der Waals surface area contributed by atoms with Crippen LogP contribution in [0.25, 0.3) is 0 Å². The molecule has 0 saturated carbocycles. The fourth-order valence-electron chi connectivity index (χ4n) is 3.01. The van der Waals surface area contributed by atoms with Crippen molar-refractivity contribution in [3.8, 4) is 0 Å². The Hall–Kier alpha value is -0.470. The monoisotopic (exact) mass is 490 g/mol. The molecule has 1 fully saturated rings. The van der Waals surface area contributed by atoms with Gasteiger partial charge in [-0.15, -0.1) is 24.0 Å². The van der Waals surface area contributed by atoms with Gasteiger partial charge in [-0.05, 0) is 57.2 Å². The maximum atomic E-state index is 4.79. The zero-order valence-electron chi connectivity index (χ0n) is 16.7. The quantitative estimate of drug-likeness (QED) is 0.327. The van der Waals surface area contributed by atoms with Crippen LogP contribution in [0.15, 0.2) is 29.3 Å². The number of thioether (sulfide) groups is 1. The molecule has 0 radical (unpaired) electrons. The highest BCUT2D eigenvalue weighted by molar-refractivity contribution is 14.0. The Balaban J connectivity index is 0.00000338. The number of hydrogen-bond acceptors (Lipinski definition) is 3. The molecule has 1 atom stereocenters. The fourth-order valence-corrected chi connectivity index (χ4v) is 4.25. The Kier molecular flexibility index (Phi) is 11.0. The summed E-state index contributed by atoms with van der Waals surface area (Å²) in [6, 6.07) is 8.77. The molecule has 148 valence electrons. The van der Waals surface area contributed by atoms with E-state index in [4.69, 9.17) is 4.99 Å². The van der Waals surface area contributed by atoms with E-state index in [0.29, 0.717) is 11.3 Å². The smallest absolute Gasteiger partial charge is 0.191 e. The van der Waals surface area contributed by atoms with Crippen LogP contribution in [0.3, 0.4) is 0 Å². The summed E-state index contributed by atoms with van der Waals surface area (Å²) in [6.45, 7) is 11.3. The van der Waals surface area contributed by atoms with Gasteiger partial charge < -0.3 is 15.5 Å². The molecule has 0 spiro atoms. The van der Waals surface area contributed by atoms with Crippen LogP contribution in [-0.2, 0) is 13.1 Å². The van der Waals surface area contributed by atoms with Gasteiger partial charge in [0.05, 0.1) is 6.54 Å². The second kappa shape index (κ2) is 12.1. The van der Waals surface area contributed by atoms with E-state index in [1.54, 1.807) is 0 Å².